The molecule has 0 saturated heterocycles. The fourth-order valence-electron chi connectivity index (χ4n) is 2.04. The largest absolute Gasteiger partial charge is 0.462 e. The number of carbonyl (C=O) groups excluding carboxylic acids is 1. The van der Waals surface area contributed by atoms with Crippen LogP contribution in [0.2, 0.25) is 0 Å². The van der Waals surface area contributed by atoms with Gasteiger partial charge in [-0.2, -0.15) is 0 Å². The molecule has 0 spiro atoms. The Hall–Kier alpha value is -0.570. The first-order valence-corrected chi connectivity index (χ1v) is 4.04. The Morgan fingerprint density at radius 2 is 2.18 bits per heavy atom. The van der Waals surface area contributed by atoms with Gasteiger partial charge in [-0.25, -0.2) is 0 Å². The molecule has 0 bridgehead atoms. The lowest BCUT2D eigenvalue weighted by atomic mass is 10.2. The number of aliphatic hydroxyl groups is 1. The average molecular weight is 156 g/mol. The van der Waals surface area contributed by atoms with E-state index in [9.17, 15) is 9.90 Å². The average Bonchev–Trinajstić information content (AvgIpc) is 2.57. The number of rotatable bonds is 1. The Morgan fingerprint density at radius 3 is 2.55 bits per heavy atom. The Labute approximate surface area is 65.4 Å². The number of hydrogen-bond acceptors (Lipinski definition) is 3. The van der Waals surface area contributed by atoms with Gasteiger partial charge in [0.2, 0.25) is 0 Å². The van der Waals surface area contributed by atoms with E-state index >= 15 is 0 Å². The van der Waals surface area contributed by atoms with Crippen LogP contribution in [0.15, 0.2) is 0 Å². The molecule has 0 radical (unpaired) electrons. The molecular formula is C8H12O3. The molecule has 0 unspecified atom stereocenters. The van der Waals surface area contributed by atoms with E-state index in [-0.39, 0.29) is 18.2 Å². The minimum atomic E-state index is -0.227. The van der Waals surface area contributed by atoms with Crippen LogP contribution in [-0.4, -0.2) is 23.3 Å². The van der Waals surface area contributed by atoms with Gasteiger partial charge >= 0.3 is 5.97 Å². The number of ether oxygens (including phenoxy) is 1. The smallest absolute Gasteiger partial charge is 0.302 e. The van der Waals surface area contributed by atoms with E-state index in [4.69, 9.17) is 4.74 Å². The second kappa shape index (κ2) is 2.21. The highest BCUT2D eigenvalue weighted by Gasteiger charge is 2.55. The number of hydrogen-bond donors (Lipinski definition) is 1. The van der Waals surface area contributed by atoms with Gasteiger partial charge in [0.1, 0.15) is 6.10 Å². The third-order valence-corrected chi connectivity index (χ3v) is 2.65. The SMILES string of the molecule is CC(=O)O[C@H]1C[C@@H](O)[C@H]2C[C@H]21. The quantitative estimate of drug-likeness (QED) is 0.556. The van der Waals surface area contributed by atoms with Gasteiger partial charge < -0.3 is 9.84 Å². The summed E-state index contributed by atoms with van der Waals surface area (Å²) >= 11 is 0. The Kier molecular flexibility index (Phi) is 1.42. The van der Waals surface area contributed by atoms with Crippen LogP contribution in [0.5, 0.6) is 0 Å². The van der Waals surface area contributed by atoms with Crippen molar-refractivity contribution in [3.8, 4) is 0 Å². The summed E-state index contributed by atoms with van der Waals surface area (Å²) in [6.45, 7) is 1.42. The molecule has 0 heterocycles. The highest BCUT2D eigenvalue weighted by molar-refractivity contribution is 5.66. The van der Waals surface area contributed by atoms with Gasteiger partial charge in [0.15, 0.2) is 0 Å². The minimum Gasteiger partial charge on any atom is -0.462 e. The monoisotopic (exact) mass is 156 g/mol. The van der Waals surface area contributed by atoms with E-state index in [1.165, 1.54) is 6.92 Å². The summed E-state index contributed by atoms with van der Waals surface area (Å²) in [6.07, 6.45) is 1.48. The molecule has 2 aliphatic rings. The van der Waals surface area contributed by atoms with Crippen LogP contribution < -0.4 is 0 Å². The van der Waals surface area contributed by atoms with Gasteiger partial charge in [-0.3, -0.25) is 4.79 Å². The molecule has 2 fully saturated rings. The molecule has 62 valence electrons. The topological polar surface area (TPSA) is 46.5 Å². The van der Waals surface area contributed by atoms with Crippen molar-refractivity contribution in [1.29, 1.82) is 0 Å². The minimum absolute atomic E-state index is 0.00694. The van der Waals surface area contributed by atoms with Gasteiger partial charge in [-0.15, -0.1) is 0 Å². The highest BCUT2D eigenvalue weighted by atomic mass is 16.5. The van der Waals surface area contributed by atoms with Crippen molar-refractivity contribution in [2.45, 2.75) is 32.0 Å². The van der Waals surface area contributed by atoms with E-state index in [0.29, 0.717) is 18.3 Å². The highest BCUT2D eigenvalue weighted by Crippen LogP contribution is 2.53. The zero-order valence-electron chi connectivity index (χ0n) is 6.49. The van der Waals surface area contributed by atoms with Crippen LogP contribution in [0.4, 0.5) is 0 Å². The van der Waals surface area contributed by atoms with Crippen molar-refractivity contribution in [2.75, 3.05) is 0 Å². The summed E-state index contributed by atoms with van der Waals surface area (Å²) < 4.78 is 5.04. The van der Waals surface area contributed by atoms with Crippen molar-refractivity contribution in [3.63, 3.8) is 0 Å². The fraction of sp³-hybridized carbons (Fsp3) is 0.875. The summed E-state index contributed by atoms with van der Waals surface area (Å²) in [4.78, 5) is 10.6. The molecule has 3 heteroatoms. The van der Waals surface area contributed by atoms with Gasteiger partial charge in [0, 0.05) is 19.3 Å². The van der Waals surface area contributed by atoms with Crippen molar-refractivity contribution < 1.29 is 14.6 Å². The maximum absolute atomic E-state index is 10.6. The maximum Gasteiger partial charge on any atom is 0.302 e. The summed E-state index contributed by atoms with van der Waals surface area (Å²) in [5, 5.41) is 9.33. The van der Waals surface area contributed by atoms with Crippen LogP contribution >= 0.6 is 0 Å². The standard InChI is InChI=1S/C8H12O3/c1-4(9)11-8-3-7(10)5-2-6(5)8/h5-8,10H,2-3H2,1H3/t5-,6+,7+,8-/m0/s1. The van der Waals surface area contributed by atoms with E-state index < -0.39 is 0 Å². The molecule has 11 heavy (non-hydrogen) atoms. The summed E-state index contributed by atoms with van der Waals surface area (Å²) in [6, 6.07) is 0. The van der Waals surface area contributed by atoms with Gasteiger partial charge in [0.25, 0.3) is 0 Å². The molecule has 0 aromatic rings. The first-order chi connectivity index (χ1) is 5.18. The van der Waals surface area contributed by atoms with Crippen LogP contribution in [-0.2, 0) is 9.53 Å². The van der Waals surface area contributed by atoms with Crippen molar-refractivity contribution in [1.82, 2.24) is 0 Å². The summed E-state index contributed by atoms with van der Waals surface area (Å²) in [5.74, 6) is 0.669. The first kappa shape index (κ1) is 7.10. The van der Waals surface area contributed by atoms with Crippen molar-refractivity contribution in [3.05, 3.63) is 0 Å². The van der Waals surface area contributed by atoms with E-state index in [0.717, 1.165) is 6.42 Å². The van der Waals surface area contributed by atoms with Crippen LogP contribution in [0.1, 0.15) is 19.8 Å². The predicted octanol–water partition coefficient (Wildman–Crippen LogP) is 0.319. The van der Waals surface area contributed by atoms with Gasteiger partial charge in [-0.1, -0.05) is 0 Å². The molecule has 2 aliphatic carbocycles. The lowest BCUT2D eigenvalue weighted by molar-refractivity contribution is -0.147. The normalized spacial score (nSPS) is 46.7. The number of esters is 1. The second-order valence-corrected chi connectivity index (χ2v) is 3.51. The van der Waals surface area contributed by atoms with Gasteiger partial charge in [0.05, 0.1) is 6.10 Å². The number of fused-ring (bicyclic) bond motifs is 1. The number of carbonyl (C=O) groups is 1. The molecule has 0 aliphatic heterocycles. The molecule has 0 aromatic carbocycles. The molecule has 2 rings (SSSR count). The van der Waals surface area contributed by atoms with Crippen LogP contribution in [0.25, 0.3) is 0 Å². The molecule has 3 nitrogen and oxygen atoms in total. The van der Waals surface area contributed by atoms with Crippen LogP contribution in [0.3, 0.4) is 0 Å². The predicted molar refractivity (Wildman–Crippen MR) is 37.8 cm³/mol. The molecule has 0 amide bonds. The van der Waals surface area contributed by atoms with E-state index in [2.05, 4.69) is 0 Å². The zero-order chi connectivity index (χ0) is 8.01. The fourth-order valence-corrected chi connectivity index (χ4v) is 2.04. The first-order valence-electron chi connectivity index (χ1n) is 4.04. The lowest BCUT2D eigenvalue weighted by Gasteiger charge is -2.12. The molecule has 2 saturated carbocycles. The molecule has 4 atom stereocenters. The number of aliphatic hydroxyl groups excluding tert-OH is 1. The summed E-state index contributed by atoms with van der Waals surface area (Å²) in [5.41, 5.74) is 0. The van der Waals surface area contributed by atoms with Crippen molar-refractivity contribution >= 4 is 5.97 Å². The van der Waals surface area contributed by atoms with Crippen LogP contribution in [0, 0.1) is 11.8 Å². The zero-order valence-corrected chi connectivity index (χ0v) is 6.49. The van der Waals surface area contributed by atoms with Crippen molar-refractivity contribution in [2.24, 2.45) is 11.8 Å². The maximum atomic E-state index is 10.6. The van der Waals surface area contributed by atoms with E-state index in [1.807, 2.05) is 0 Å². The Bertz CT molecular complexity index is 190. The molecule has 1 N–H and O–H groups in total. The lowest BCUT2D eigenvalue weighted by Crippen LogP contribution is -2.18. The third-order valence-electron chi connectivity index (χ3n) is 2.65. The van der Waals surface area contributed by atoms with E-state index in [1.54, 1.807) is 0 Å². The molecular weight excluding hydrogens is 144 g/mol. The second-order valence-electron chi connectivity index (χ2n) is 3.51. The summed E-state index contributed by atoms with van der Waals surface area (Å²) in [7, 11) is 0. The third kappa shape index (κ3) is 1.13. The van der Waals surface area contributed by atoms with Gasteiger partial charge in [-0.05, 0) is 12.3 Å². The Balaban J connectivity index is 1.92. The molecule has 0 aromatic heterocycles. The Morgan fingerprint density at radius 1 is 1.45 bits per heavy atom.